The van der Waals surface area contributed by atoms with E-state index in [0.717, 1.165) is 21.5 Å². The van der Waals surface area contributed by atoms with Gasteiger partial charge in [-0.3, -0.25) is 14.7 Å². The number of nitrogens with zero attached hydrogens (tertiary/aromatic N) is 3. The Bertz CT molecular complexity index is 1260. The SMILES string of the molecule is O=C(CCCS(=O)(=O)Cc1ccccc1)N(Cc1ccccn1)c1nc2ccccc2s1. The highest BCUT2D eigenvalue weighted by Gasteiger charge is 2.21. The van der Waals surface area contributed by atoms with Crippen LogP contribution in [0.2, 0.25) is 0 Å². The molecular weight excluding hydrogens is 442 g/mol. The van der Waals surface area contributed by atoms with Crippen LogP contribution in [0.1, 0.15) is 24.1 Å². The van der Waals surface area contributed by atoms with Crippen molar-refractivity contribution in [3.8, 4) is 0 Å². The first-order chi connectivity index (χ1) is 15.5. The fourth-order valence-electron chi connectivity index (χ4n) is 3.37. The number of sulfone groups is 1. The molecule has 2 aromatic heterocycles. The van der Waals surface area contributed by atoms with Crippen molar-refractivity contribution in [2.45, 2.75) is 25.1 Å². The number of anilines is 1. The largest absolute Gasteiger partial charge is 0.282 e. The zero-order valence-corrected chi connectivity index (χ0v) is 19.1. The summed E-state index contributed by atoms with van der Waals surface area (Å²) in [6.07, 6.45) is 2.07. The minimum atomic E-state index is -3.30. The Kier molecular flexibility index (Phi) is 6.92. The lowest BCUT2D eigenvalue weighted by atomic mass is 10.2. The lowest BCUT2D eigenvalue weighted by molar-refractivity contribution is -0.118. The molecule has 0 aliphatic heterocycles. The molecule has 0 aliphatic rings. The monoisotopic (exact) mass is 465 g/mol. The van der Waals surface area contributed by atoms with Crippen LogP contribution in [-0.2, 0) is 26.9 Å². The van der Waals surface area contributed by atoms with Crippen molar-refractivity contribution in [2.24, 2.45) is 0 Å². The zero-order valence-electron chi connectivity index (χ0n) is 17.4. The molecule has 0 aliphatic carbocycles. The molecule has 2 aromatic carbocycles. The molecule has 1 amide bonds. The van der Waals surface area contributed by atoms with Gasteiger partial charge in [0.05, 0.1) is 34.0 Å². The standard InChI is InChI=1S/C24H23N3O3S2/c28-23(14-8-16-32(29,30)18-19-9-2-1-3-10-19)27(17-20-11-6-7-15-25-20)24-26-21-12-4-5-13-22(21)31-24/h1-7,9-13,15H,8,14,16-18H2. The van der Waals surface area contributed by atoms with Crippen molar-refractivity contribution in [2.75, 3.05) is 10.7 Å². The molecule has 0 fully saturated rings. The van der Waals surface area contributed by atoms with Gasteiger partial charge in [0.2, 0.25) is 5.91 Å². The molecule has 32 heavy (non-hydrogen) atoms. The van der Waals surface area contributed by atoms with Crippen LogP contribution in [0, 0.1) is 0 Å². The van der Waals surface area contributed by atoms with E-state index in [1.807, 2.05) is 60.7 Å². The fraction of sp³-hybridized carbons (Fsp3) is 0.208. The molecule has 0 spiro atoms. The second kappa shape index (κ2) is 10.0. The van der Waals surface area contributed by atoms with Crippen molar-refractivity contribution in [3.63, 3.8) is 0 Å². The summed E-state index contributed by atoms with van der Waals surface area (Å²) in [5.74, 6) is -0.216. The molecule has 0 saturated carbocycles. The van der Waals surface area contributed by atoms with Crippen LogP contribution >= 0.6 is 11.3 Å². The maximum atomic E-state index is 13.1. The van der Waals surface area contributed by atoms with Crippen LogP contribution in [0.4, 0.5) is 5.13 Å². The second-order valence-electron chi connectivity index (χ2n) is 7.45. The van der Waals surface area contributed by atoms with Gasteiger partial charge in [-0.25, -0.2) is 13.4 Å². The van der Waals surface area contributed by atoms with Gasteiger partial charge in [0, 0.05) is 12.6 Å². The van der Waals surface area contributed by atoms with E-state index in [4.69, 9.17) is 0 Å². The molecule has 2 heterocycles. The molecule has 164 valence electrons. The number of hydrogen-bond acceptors (Lipinski definition) is 6. The van der Waals surface area contributed by atoms with Crippen molar-refractivity contribution in [1.82, 2.24) is 9.97 Å². The summed E-state index contributed by atoms with van der Waals surface area (Å²) in [6, 6.07) is 22.4. The Balaban J connectivity index is 1.46. The van der Waals surface area contributed by atoms with Crippen molar-refractivity contribution >= 4 is 42.4 Å². The molecule has 0 saturated heterocycles. The number of hydrogen-bond donors (Lipinski definition) is 0. The molecule has 0 bridgehead atoms. The predicted molar refractivity (Wildman–Crippen MR) is 128 cm³/mol. The normalized spacial score (nSPS) is 11.5. The Morgan fingerprint density at radius 2 is 1.69 bits per heavy atom. The van der Waals surface area contributed by atoms with E-state index < -0.39 is 9.84 Å². The van der Waals surface area contributed by atoms with Gasteiger partial charge in [-0.15, -0.1) is 0 Å². The van der Waals surface area contributed by atoms with E-state index in [2.05, 4.69) is 9.97 Å². The number of carbonyl (C=O) groups excluding carboxylic acids is 1. The minimum absolute atomic E-state index is 0.0163. The maximum absolute atomic E-state index is 13.1. The van der Waals surface area contributed by atoms with Gasteiger partial charge in [-0.2, -0.15) is 0 Å². The summed E-state index contributed by atoms with van der Waals surface area (Å²) in [5.41, 5.74) is 2.33. The molecule has 0 atom stereocenters. The zero-order chi connectivity index (χ0) is 22.4. The topological polar surface area (TPSA) is 80.2 Å². The molecule has 4 aromatic rings. The molecular formula is C24H23N3O3S2. The average molecular weight is 466 g/mol. The molecule has 0 radical (unpaired) electrons. The molecule has 0 unspecified atom stereocenters. The Morgan fingerprint density at radius 3 is 2.44 bits per heavy atom. The first-order valence-corrected chi connectivity index (χ1v) is 12.9. The van der Waals surface area contributed by atoms with Crippen molar-refractivity contribution in [3.05, 3.63) is 90.3 Å². The van der Waals surface area contributed by atoms with Gasteiger partial charge in [0.25, 0.3) is 0 Å². The van der Waals surface area contributed by atoms with E-state index in [1.54, 1.807) is 23.2 Å². The molecule has 8 heteroatoms. The Labute approximate surface area is 191 Å². The van der Waals surface area contributed by atoms with Gasteiger partial charge < -0.3 is 0 Å². The van der Waals surface area contributed by atoms with E-state index >= 15 is 0 Å². The van der Waals surface area contributed by atoms with Crippen LogP contribution in [0.5, 0.6) is 0 Å². The summed E-state index contributed by atoms with van der Waals surface area (Å²) in [6.45, 7) is 0.288. The Hall–Kier alpha value is -3.10. The number of amides is 1. The van der Waals surface area contributed by atoms with E-state index in [9.17, 15) is 13.2 Å². The summed E-state index contributed by atoms with van der Waals surface area (Å²) in [7, 11) is -3.30. The number of benzene rings is 2. The number of aromatic nitrogens is 2. The highest BCUT2D eigenvalue weighted by molar-refractivity contribution is 7.90. The maximum Gasteiger partial charge on any atom is 0.229 e. The van der Waals surface area contributed by atoms with Crippen molar-refractivity contribution in [1.29, 1.82) is 0 Å². The first-order valence-electron chi connectivity index (χ1n) is 10.3. The van der Waals surface area contributed by atoms with E-state index in [1.165, 1.54) is 11.3 Å². The number of pyridine rings is 1. The van der Waals surface area contributed by atoms with Crippen LogP contribution in [-0.4, -0.2) is 30.0 Å². The van der Waals surface area contributed by atoms with Gasteiger partial charge in [0.1, 0.15) is 0 Å². The van der Waals surface area contributed by atoms with Gasteiger partial charge >= 0.3 is 0 Å². The number of thiazole rings is 1. The minimum Gasteiger partial charge on any atom is -0.282 e. The summed E-state index contributed by atoms with van der Waals surface area (Å²) in [4.78, 5) is 23.7. The van der Waals surface area contributed by atoms with E-state index in [-0.39, 0.29) is 36.8 Å². The molecule has 0 N–H and O–H groups in total. The van der Waals surface area contributed by atoms with Crippen LogP contribution in [0.3, 0.4) is 0 Å². The fourth-order valence-corrected chi connectivity index (χ4v) is 5.78. The predicted octanol–water partition coefficient (Wildman–Crippen LogP) is 4.62. The van der Waals surface area contributed by atoms with Crippen LogP contribution in [0.25, 0.3) is 10.2 Å². The quantitative estimate of drug-likeness (QED) is 0.360. The van der Waals surface area contributed by atoms with Gasteiger partial charge in [-0.1, -0.05) is 59.9 Å². The molecule has 4 rings (SSSR count). The number of para-hydroxylation sites is 1. The second-order valence-corrected chi connectivity index (χ2v) is 10.6. The summed E-state index contributed by atoms with van der Waals surface area (Å²) in [5, 5.41) is 0.592. The summed E-state index contributed by atoms with van der Waals surface area (Å²) < 4.78 is 26.0. The lowest BCUT2D eigenvalue weighted by Crippen LogP contribution is -2.31. The average Bonchev–Trinajstić information content (AvgIpc) is 3.22. The van der Waals surface area contributed by atoms with Crippen molar-refractivity contribution < 1.29 is 13.2 Å². The number of rotatable bonds is 9. The smallest absolute Gasteiger partial charge is 0.229 e. The van der Waals surface area contributed by atoms with E-state index in [0.29, 0.717) is 5.13 Å². The van der Waals surface area contributed by atoms with Crippen LogP contribution in [0.15, 0.2) is 79.0 Å². The third-order valence-corrected chi connectivity index (χ3v) is 7.68. The highest BCUT2D eigenvalue weighted by Crippen LogP contribution is 2.30. The third-order valence-electron chi connectivity index (χ3n) is 4.94. The van der Waals surface area contributed by atoms with Gasteiger partial charge in [-0.05, 0) is 36.2 Å². The molecule has 6 nitrogen and oxygen atoms in total. The van der Waals surface area contributed by atoms with Crippen LogP contribution < -0.4 is 4.90 Å². The number of carbonyl (C=O) groups is 1. The van der Waals surface area contributed by atoms with Gasteiger partial charge in [0.15, 0.2) is 15.0 Å². The highest BCUT2D eigenvalue weighted by atomic mass is 32.2. The number of fused-ring (bicyclic) bond motifs is 1. The third kappa shape index (κ3) is 5.77. The Morgan fingerprint density at radius 1 is 0.938 bits per heavy atom. The first kappa shape index (κ1) is 22.1. The lowest BCUT2D eigenvalue weighted by Gasteiger charge is -2.19. The summed E-state index contributed by atoms with van der Waals surface area (Å²) >= 11 is 1.44.